The molecule has 0 aliphatic carbocycles. The van der Waals surface area contributed by atoms with E-state index in [-0.39, 0.29) is 6.10 Å². The molecule has 0 aromatic heterocycles. The van der Waals surface area contributed by atoms with Crippen molar-refractivity contribution in [1.82, 2.24) is 0 Å². The molecule has 1 aliphatic rings. The van der Waals surface area contributed by atoms with Crippen LogP contribution in [0.2, 0.25) is 5.02 Å². The van der Waals surface area contributed by atoms with Gasteiger partial charge in [0.1, 0.15) is 12.6 Å². The fourth-order valence-electron chi connectivity index (χ4n) is 1.46. The average Bonchev–Trinajstić information content (AvgIpc) is 2.60. The molecule has 1 aromatic carbocycles. The minimum atomic E-state index is -1.38. The van der Waals surface area contributed by atoms with Crippen molar-refractivity contribution < 1.29 is 8.74 Å². The molecule has 1 heterocycles. The fraction of sp³-hybridized carbons (Fsp3) is 0.400. The van der Waals surface area contributed by atoms with Crippen LogP contribution in [0.3, 0.4) is 0 Å². The molecule has 82 valence electrons. The molecule has 1 saturated heterocycles. The van der Waals surface area contributed by atoms with Gasteiger partial charge in [0.05, 0.1) is 5.69 Å². The first-order valence-electron chi connectivity index (χ1n) is 4.83. The molecule has 1 unspecified atom stereocenters. The summed E-state index contributed by atoms with van der Waals surface area (Å²) in [6.45, 7) is 2.67. The second-order valence-corrected chi connectivity index (χ2v) is 4.89. The summed E-state index contributed by atoms with van der Waals surface area (Å²) in [5.74, 6) is 0. The number of halogens is 1. The standard InChI is InChI=1S/C10H12ClNO2S/c1-2-10-7-12(15(13)14-10)9-5-3-4-8(11)6-9/h3-6,10H,2,7H2,1H3/t10-,15?/m1/s1. The molecule has 3 nitrogen and oxygen atoms in total. The number of hydrogen-bond acceptors (Lipinski definition) is 3. The third-order valence-corrected chi connectivity index (χ3v) is 3.71. The van der Waals surface area contributed by atoms with Gasteiger partial charge in [-0.2, -0.15) is 4.31 Å². The van der Waals surface area contributed by atoms with E-state index in [2.05, 4.69) is 0 Å². The molecule has 0 bridgehead atoms. The van der Waals surface area contributed by atoms with Crippen molar-refractivity contribution in [2.45, 2.75) is 19.4 Å². The second kappa shape index (κ2) is 4.61. The van der Waals surface area contributed by atoms with E-state index in [0.717, 1.165) is 12.1 Å². The first-order valence-corrected chi connectivity index (χ1v) is 6.24. The Labute approximate surface area is 97.5 Å². The van der Waals surface area contributed by atoms with Crippen molar-refractivity contribution in [3.05, 3.63) is 29.3 Å². The zero-order valence-corrected chi connectivity index (χ0v) is 9.92. The Balaban J connectivity index is 2.17. The Morgan fingerprint density at radius 3 is 3.07 bits per heavy atom. The van der Waals surface area contributed by atoms with Crippen LogP contribution in [-0.2, 0) is 15.8 Å². The molecule has 5 heteroatoms. The highest BCUT2D eigenvalue weighted by Gasteiger charge is 2.36. The predicted octanol–water partition coefficient (Wildman–Crippen LogP) is 2.53. The van der Waals surface area contributed by atoms with Crippen molar-refractivity contribution >= 4 is 28.9 Å². The van der Waals surface area contributed by atoms with Crippen LogP contribution >= 0.6 is 11.6 Å². The molecule has 1 aliphatic heterocycles. The van der Waals surface area contributed by atoms with Gasteiger partial charge in [-0.15, -0.1) is 4.18 Å². The zero-order valence-electron chi connectivity index (χ0n) is 8.35. The van der Waals surface area contributed by atoms with E-state index in [9.17, 15) is 4.55 Å². The minimum Gasteiger partial charge on any atom is -0.560 e. The molecular formula is C10H12ClNO2S. The molecular weight excluding hydrogens is 234 g/mol. The van der Waals surface area contributed by atoms with Crippen LogP contribution < -0.4 is 4.31 Å². The second-order valence-electron chi connectivity index (χ2n) is 3.38. The van der Waals surface area contributed by atoms with Gasteiger partial charge in [-0.25, -0.2) is 0 Å². The molecule has 1 fully saturated rings. The summed E-state index contributed by atoms with van der Waals surface area (Å²) in [7, 11) is 0. The normalized spacial score (nSPS) is 25.9. The van der Waals surface area contributed by atoms with Crippen molar-refractivity contribution in [3.63, 3.8) is 0 Å². The molecule has 0 radical (unpaired) electrons. The van der Waals surface area contributed by atoms with Crippen LogP contribution in [0.5, 0.6) is 0 Å². The first-order chi connectivity index (χ1) is 7.20. The summed E-state index contributed by atoms with van der Waals surface area (Å²) in [5.41, 5.74) is 0.844. The lowest BCUT2D eigenvalue weighted by Gasteiger charge is -2.14. The number of benzene rings is 1. The molecule has 0 amide bonds. The van der Waals surface area contributed by atoms with Gasteiger partial charge in [-0.1, -0.05) is 24.6 Å². The molecule has 2 atom stereocenters. The van der Waals surface area contributed by atoms with E-state index in [4.69, 9.17) is 15.8 Å². The van der Waals surface area contributed by atoms with E-state index in [1.165, 1.54) is 0 Å². The van der Waals surface area contributed by atoms with Gasteiger partial charge in [-0.3, -0.25) is 0 Å². The van der Waals surface area contributed by atoms with Gasteiger partial charge in [-0.05, 0) is 24.6 Å². The summed E-state index contributed by atoms with van der Waals surface area (Å²) < 4.78 is 18.6. The van der Waals surface area contributed by atoms with E-state index in [1.807, 2.05) is 19.1 Å². The van der Waals surface area contributed by atoms with Gasteiger partial charge < -0.3 is 4.55 Å². The Hall–Kier alpha value is -0.420. The lowest BCUT2D eigenvalue weighted by atomic mass is 10.2. The number of rotatable bonds is 2. The van der Waals surface area contributed by atoms with Crippen LogP contribution in [-0.4, -0.2) is 17.2 Å². The van der Waals surface area contributed by atoms with Crippen LogP contribution in [0.15, 0.2) is 24.3 Å². The van der Waals surface area contributed by atoms with E-state index < -0.39 is 11.6 Å². The summed E-state index contributed by atoms with van der Waals surface area (Å²) in [6, 6.07) is 7.31. The van der Waals surface area contributed by atoms with E-state index >= 15 is 0 Å². The maximum absolute atomic E-state index is 11.6. The molecule has 1 aromatic rings. The van der Waals surface area contributed by atoms with Gasteiger partial charge in [0.2, 0.25) is 11.6 Å². The van der Waals surface area contributed by atoms with E-state index in [0.29, 0.717) is 11.6 Å². The van der Waals surface area contributed by atoms with Gasteiger partial charge >= 0.3 is 0 Å². The van der Waals surface area contributed by atoms with Crippen LogP contribution in [0, 0.1) is 0 Å². The topological polar surface area (TPSA) is 35.5 Å². The van der Waals surface area contributed by atoms with Crippen LogP contribution in [0.1, 0.15) is 13.3 Å². The highest BCUT2D eigenvalue weighted by molar-refractivity contribution is 7.88. The van der Waals surface area contributed by atoms with Gasteiger partial charge in [0.25, 0.3) is 0 Å². The van der Waals surface area contributed by atoms with Crippen molar-refractivity contribution in [3.8, 4) is 0 Å². The summed E-state index contributed by atoms with van der Waals surface area (Å²) in [4.78, 5) is 0. The van der Waals surface area contributed by atoms with Gasteiger partial charge in [0.15, 0.2) is 0 Å². The lowest BCUT2D eigenvalue weighted by molar-refractivity contribution is 0.243. The van der Waals surface area contributed by atoms with Crippen LogP contribution in [0.25, 0.3) is 0 Å². The third kappa shape index (κ3) is 2.39. The van der Waals surface area contributed by atoms with Crippen molar-refractivity contribution in [1.29, 1.82) is 0 Å². The quantitative estimate of drug-likeness (QED) is 0.752. The summed E-state index contributed by atoms with van der Waals surface area (Å²) in [6.07, 6.45) is 0.910. The third-order valence-electron chi connectivity index (χ3n) is 2.32. The molecule has 0 saturated carbocycles. The highest BCUT2D eigenvalue weighted by atomic mass is 35.5. The SMILES string of the molecule is CC[C@@H]1CN(c2cccc(Cl)c2)[S+]([O-])O1. The maximum atomic E-state index is 11.6. The zero-order chi connectivity index (χ0) is 10.8. The lowest BCUT2D eigenvalue weighted by Crippen LogP contribution is -2.25. The molecule has 2 rings (SSSR count). The average molecular weight is 246 g/mol. The Morgan fingerprint density at radius 1 is 1.67 bits per heavy atom. The number of anilines is 1. The fourth-order valence-corrected chi connectivity index (χ4v) is 2.76. The predicted molar refractivity (Wildman–Crippen MR) is 62.1 cm³/mol. The van der Waals surface area contributed by atoms with Crippen LogP contribution in [0.4, 0.5) is 5.69 Å². The minimum absolute atomic E-state index is 0.0461. The Bertz CT molecular complexity index is 350. The molecule has 0 N–H and O–H groups in total. The monoisotopic (exact) mass is 245 g/mol. The summed E-state index contributed by atoms with van der Waals surface area (Å²) >= 11 is 4.50. The Kier molecular flexibility index (Phi) is 3.41. The van der Waals surface area contributed by atoms with Crippen molar-refractivity contribution in [2.24, 2.45) is 0 Å². The molecule has 15 heavy (non-hydrogen) atoms. The summed E-state index contributed by atoms with van der Waals surface area (Å²) in [5, 5.41) is 0.643. The Morgan fingerprint density at radius 2 is 2.47 bits per heavy atom. The number of hydrogen-bond donors (Lipinski definition) is 0. The molecule has 0 spiro atoms. The smallest absolute Gasteiger partial charge is 0.246 e. The number of nitrogens with zero attached hydrogens (tertiary/aromatic N) is 1. The van der Waals surface area contributed by atoms with Crippen molar-refractivity contribution in [2.75, 3.05) is 10.8 Å². The van der Waals surface area contributed by atoms with Gasteiger partial charge in [0, 0.05) is 5.02 Å². The highest BCUT2D eigenvalue weighted by Crippen LogP contribution is 2.28. The largest absolute Gasteiger partial charge is 0.560 e. The first kappa shape index (κ1) is 11.1. The van der Waals surface area contributed by atoms with E-state index in [1.54, 1.807) is 16.4 Å². The maximum Gasteiger partial charge on any atom is 0.246 e.